The molecule has 1 aliphatic rings. The second-order valence-electron chi connectivity index (χ2n) is 7.33. The van der Waals surface area contributed by atoms with Crippen LogP contribution in [0.15, 0.2) is 42.6 Å². The number of carbonyl (C=O) groups excluding carboxylic acids is 3. The van der Waals surface area contributed by atoms with E-state index in [0.717, 1.165) is 17.0 Å². The van der Waals surface area contributed by atoms with Crippen LogP contribution in [-0.4, -0.2) is 38.2 Å². The van der Waals surface area contributed by atoms with Crippen molar-refractivity contribution in [3.8, 4) is 5.82 Å². The van der Waals surface area contributed by atoms with Gasteiger partial charge in [-0.15, -0.1) is 0 Å². The van der Waals surface area contributed by atoms with Crippen molar-refractivity contribution in [1.29, 1.82) is 0 Å². The van der Waals surface area contributed by atoms with Gasteiger partial charge in [0.1, 0.15) is 17.4 Å². The first-order valence-corrected chi connectivity index (χ1v) is 9.52. The summed E-state index contributed by atoms with van der Waals surface area (Å²) in [6.07, 6.45) is 1.93. The van der Waals surface area contributed by atoms with Crippen molar-refractivity contribution in [2.75, 3.05) is 5.32 Å². The fourth-order valence-corrected chi connectivity index (χ4v) is 3.62. The van der Waals surface area contributed by atoms with Crippen LogP contribution in [0.5, 0.6) is 0 Å². The van der Waals surface area contributed by atoms with Crippen molar-refractivity contribution in [3.05, 3.63) is 65.1 Å². The van der Waals surface area contributed by atoms with E-state index in [-0.39, 0.29) is 11.8 Å². The standard InChI is InChI=1S/C21H22N6O3/c1-12-4-5-13(2)27(12)20-16(11-22-26(20)3)18(28)23-15-8-6-14(7-9-15)10-17-19(29)25-21(30)24-17/h4-9,11,17H,10H2,1-3H3,(H,23,28)(H2,24,25,29,30)/t17-/m0/s1. The van der Waals surface area contributed by atoms with Gasteiger partial charge in [-0.1, -0.05) is 12.1 Å². The zero-order valence-corrected chi connectivity index (χ0v) is 16.9. The predicted octanol–water partition coefficient (Wildman–Crippen LogP) is 1.83. The van der Waals surface area contributed by atoms with Crippen LogP contribution in [0.2, 0.25) is 0 Å². The Hall–Kier alpha value is -3.88. The zero-order chi connectivity index (χ0) is 21.4. The molecule has 0 unspecified atom stereocenters. The molecule has 3 aromatic rings. The van der Waals surface area contributed by atoms with Crippen LogP contribution in [0.3, 0.4) is 0 Å². The van der Waals surface area contributed by atoms with Crippen LogP contribution in [-0.2, 0) is 18.3 Å². The highest BCUT2D eigenvalue weighted by Crippen LogP contribution is 2.21. The summed E-state index contributed by atoms with van der Waals surface area (Å²) < 4.78 is 3.67. The summed E-state index contributed by atoms with van der Waals surface area (Å²) in [4.78, 5) is 35.8. The van der Waals surface area contributed by atoms with Gasteiger partial charge < -0.3 is 15.2 Å². The first-order valence-electron chi connectivity index (χ1n) is 9.52. The van der Waals surface area contributed by atoms with Crippen LogP contribution in [0, 0.1) is 13.8 Å². The van der Waals surface area contributed by atoms with Gasteiger partial charge in [0, 0.05) is 30.5 Å². The lowest BCUT2D eigenvalue weighted by Gasteiger charge is -2.13. The van der Waals surface area contributed by atoms with E-state index in [1.165, 1.54) is 0 Å². The number of nitrogens with zero attached hydrogens (tertiary/aromatic N) is 3. The minimum absolute atomic E-state index is 0.263. The van der Waals surface area contributed by atoms with Crippen molar-refractivity contribution >= 4 is 23.5 Å². The lowest BCUT2D eigenvalue weighted by atomic mass is 10.1. The van der Waals surface area contributed by atoms with Gasteiger partial charge >= 0.3 is 6.03 Å². The predicted molar refractivity (Wildman–Crippen MR) is 111 cm³/mol. The maximum atomic E-state index is 12.9. The Kier molecular flexibility index (Phi) is 4.86. The summed E-state index contributed by atoms with van der Waals surface area (Å²) >= 11 is 0. The van der Waals surface area contributed by atoms with Crippen molar-refractivity contribution < 1.29 is 14.4 Å². The number of aryl methyl sites for hydroxylation is 3. The van der Waals surface area contributed by atoms with Crippen LogP contribution in [0.25, 0.3) is 5.82 Å². The largest absolute Gasteiger partial charge is 0.326 e. The van der Waals surface area contributed by atoms with E-state index in [1.54, 1.807) is 30.1 Å². The minimum Gasteiger partial charge on any atom is -0.326 e. The summed E-state index contributed by atoms with van der Waals surface area (Å²) in [7, 11) is 1.80. The third-order valence-electron chi connectivity index (χ3n) is 5.15. The highest BCUT2D eigenvalue weighted by molar-refractivity contribution is 6.06. The molecule has 1 fully saturated rings. The normalized spacial score (nSPS) is 15.8. The number of aromatic nitrogens is 3. The molecule has 0 aliphatic carbocycles. The number of rotatable bonds is 5. The third kappa shape index (κ3) is 3.57. The molecule has 1 aliphatic heterocycles. The van der Waals surface area contributed by atoms with Crippen molar-refractivity contribution in [3.63, 3.8) is 0 Å². The average molecular weight is 406 g/mol. The van der Waals surface area contributed by atoms with E-state index in [2.05, 4.69) is 21.0 Å². The number of amides is 4. The van der Waals surface area contributed by atoms with Gasteiger partial charge in [-0.3, -0.25) is 19.6 Å². The van der Waals surface area contributed by atoms with E-state index >= 15 is 0 Å². The van der Waals surface area contributed by atoms with Crippen molar-refractivity contribution in [2.24, 2.45) is 7.05 Å². The summed E-state index contributed by atoms with van der Waals surface area (Å²) in [5.74, 6) is 0.102. The zero-order valence-electron chi connectivity index (χ0n) is 16.9. The van der Waals surface area contributed by atoms with E-state index in [0.29, 0.717) is 23.5 Å². The molecule has 3 N–H and O–H groups in total. The molecule has 30 heavy (non-hydrogen) atoms. The Bertz CT molecular complexity index is 1120. The number of anilines is 1. The number of benzene rings is 1. The SMILES string of the molecule is Cc1ccc(C)n1-c1c(C(=O)Nc2ccc(C[C@@H]3NC(=O)NC3=O)cc2)cnn1C. The van der Waals surface area contributed by atoms with Gasteiger partial charge in [-0.05, 0) is 43.7 Å². The van der Waals surface area contributed by atoms with E-state index < -0.39 is 12.1 Å². The Morgan fingerprint density at radius 3 is 2.37 bits per heavy atom. The number of carbonyl (C=O) groups is 3. The second kappa shape index (κ2) is 7.51. The molecule has 4 amide bonds. The van der Waals surface area contributed by atoms with Crippen LogP contribution in [0.1, 0.15) is 27.3 Å². The Balaban J connectivity index is 1.50. The summed E-state index contributed by atoms with van der Waals surface area (Å²) in [6.45, 7) is 3.96. The fourth-order valence-electron chi connectivity index (χ4n) is 3.62. The molecule has 0 spiro atoms. The fraction of sp³-hybridized carbons (Fsp3) is 0.238. The molecule has 1 atom stereocenters. The minimum atomic E-state index is -0.580. The van der Waals surface area contributed by atoms with Crippen LogP contribution >= 0.6 is 0 Å². The number of nitrogens with one attached hydrogen (secondary N) is 3. The maximum absolute atomic E-state index is 12.9. The van der Waals surface area contributed by atoms with E-state index in [9.17, 15) is 14.4 Å². The lowest BCUT2D eigenvalue weighted by Crippen LogP contribution is -2.31. The van der Waals surface area contributed by atoms with E-state index in [4.69, 9.17) is 0 Å². The molecule has 2 aromatic heterocycles. The Morgan fingerprint density at radius 2 is 1.77 bits per heavy atom. The summed E-state index contributed by atoms with van der Waals surface area (Å²) in [5.41, 5.74) is 3.99. The molecule has 1 saturated heterocycles. The molecule has 3 heterocycles. The summed E-state index contributed by atoms with van der Waals surface area (Å²) in [5, 5.41) is 11.9. The smallest absolute Gasteiger partial charge is 0.322 e. The second-order valence-corrected chi connectivity index (χ2v) is 7.33. The number of hydrogen-bond donors (Lipinski definition) is 3. The lowest BCUT2D eigenvalue weighted by molar-refractivity contribution is -0.120. The highest BCUT2D eigenvalue weighted by Gasteiger charge is 2.29. The molecule has 9 nitrogen and oxygen atoms in total. The van der Waals surface area contributed by atoms with Gasteiger partial charge in [0.05, 0.1) is 6.20 Å². The molecule has 0 saturated carbocycles. The number of urea groups is 1. The van der Waals surface area contributed by atoms with Gasteiger partial charge in [-0.25, -0.2) is 4.79 Å². The van der Waals surface area contributed by atoms with Gasteiger partial charge in [-0.2, -0.15) is 5.10 Å². The van der Waals surface area contributed by atoms with Gasteiger partial charge in [0.2, 0.25) is 0 Å². The monoisotopic (exact) mass is 406 g/mol. The molecule has 4 rings (SSSR count). The number of hydrogen-bond acceptors (Lipinski definition) is 4. The van der Waals surface area contributed by atoms with Crippen molar-refractivity contribution in [2.45, 2.75) is 26.3 Å². The molecule has 154 valence electrons. The third-order valence-corrected chi connectivity index (χ3v) is 5.15. The molecular formula is C21H22N6O3. The molecule has 0 bridgehead atoms. The topological polar surface area (TPSA) is 110 Å². The van der Waals surface area contributed by atoms with Crippen LogP contribution < -0.4 is 16.0 Å². The highest BCUT2D eigenvalue weighted by atomic mass is 16.2. The van der Waals surface area contributed by atoms with Crippen LogP contribution in [0.4, 0.5) is 10.5 Å². The van der Waals surface area contributed by atoms with Gasteiger partial charge in [0.15, 0.2) is 0 Å². The summed E-state index contributed by atoms with van der Waals surface area (Å²) in [6, 6.07) is 10.1. The molecular weight excluding hydrogens is 384 g/mol. The first kappa shape index (κ1) is 19.4. The first-order chi connectivity index (χ1) is 14.3. The van der Waals surface area contributed by atoms with E-state index in [1.807, 2.05) is 42.7 Å². The Morgan fingerprint density at radius 1 is 1.10 bits per heavy atom. The molecule has 0 radical (unpaired) electrons. The average Bonchev–Trinajstić information content (AvgIpc) is 3.34. The Labute approximate surface area is 173 Å². The molecule has 1 aromatic carbocycles. The van der Waals surface area contributed by atoms with Gasteiger partial charge in [0.25, 0.3) is 11.8 Å². The maximum Gasteiger partial charge on any atom is 0.322 e. The van der Waals surface area contributed by atoms with Crippen molar-refractivity contribution in [1.82, 2.24) is 25.0 Å². The number of imide groups is 1. The molecule has 9 heteroatoms. The quantitative estimate of drug-likeness (QED) is 0.562.